The van der Waals surface area contributed by atoms with Gasteiger partial charge in [-0.15, -0.1) is 0 Å². The Morgan fingerprint density at radius 1 is 1.50 bits per heavy atom. The number of amides is 1. The Labute approximate surface area is 84.5 Å². The molecule has 0 aromatic carbocycles. The third-order valence-electron chi connectivity index (χ3n) is 1.62. The summed E-state index contributed by atoms with van der Waals surface area (Å²) in [5.41, 5.74) is 0.395. The lowest BCUT2D eigenvalue weighted by atomic mass is 10.4. The van der Waals surface area contributed by atoms with Crippen molar-refractivity contribution in [2.45, 2.75) is 0 Å². The molecular formula is C8H7ClN4O. The third-order valence-corrected chi connectivity index (χ3v) is 1.84. The van der Waals surface area contributed by atoms with Gasteiger partial charge in [0.2, 0.25) is 5.95 Å². The number of nitrogens with one attached hydrogen (secondary N) is 3. The van der Waals surface area contributed by atoms with Crippen molar-refractivity contribution in [3.8, 4) is 0 Å². The zero-order chi connectivity index (χ0) is 9.97. The first-order chi connectivity index (χ1) is 6.75. The summed E-state index contributed by atoms with van der Waals surface area (Å²) in [4.78, 5) is 20.8. The lowest BCUT2D eigenvalue weighted by Gasteiger charge is -1.97. The number of hydrogen-bond donors (Lipinski definition) is 3. The summed E-state index contributed by atoms with van der Waals surface area (Å²) in [6.45, 7) is 0. The number of anilines is 1. The van der Waals surface area contributed by atoms with Crippen molar-refractivity contribution in [3.05, 3.63) is 35.4 Å². The van der Waals surface area contributed by atoms with Crippen LogP contribution in [0.25, 0.3) is 0 Å². The molecule has 0 saturated carbocycles. The highest BCUT2D eigenvalue weighted by Crippen LogP contribution is 2.10. The largest absolute Gasteiger partial charge is 0.356 e. The number of nitrogens with zero attached hydrogens (tertiary/aromatic N) is 1. The molecule has 3 N–H and O–H groups in total. The molecule has 2 rings (SSSR count). The van der Waals surface area contributed by atoms with Crippen LogP contribution in [0.15, 0.2) is 24.7 Å². The van der Waals surface area contributed by atoms with Gasteiger partial charge in [-0.3, -0.25) is 10.1 Å². The number of hydrogen-bond acceptors (Lipinski definition) is 2. The summed E-state index contributed by atoms with van der Waals surface area (Å²) >= 11 is 5.65. The van der Waals surface area contributed by atoms with Crippen LogP contribution in [0, 0.1) is 0 Å². The van der Waals surface area contributed by atoms with E-state index in [1.165, 1.54) is 0 Å². The minimum Gasteiger partial charge on any atom is -0.356 e. The smallest absolute Gasteiger partial charge is 0.274 e. The molecular weight excluding hydrogens is 204 g/mol. The second-order valence-electron chi connectivity index (χ2n) is 2.62. The molecule has 2 aromatic heterocycles. The number of rotatable bonds is 2. The molecule has 0 unspecified atom stereocenters. The first kappa shape index (κ1) is 8.83. The van der Waals surface area contributed by atoms with Gasteiger partial charge in [-0.2, -0.15) is 0 Å². The van der Waals surface area contributed by atoms with Crippen LogP contribution in [0.3, 0.4) is 0 Å². The number of imidazole rings is 1. The van der Waals surface area contributed by atoms with Crippen molar-refractivity contribution in [1.82, 2.24) is 15.0 Å². The number of H-pyrrole nitrogens is 2. The average Bonchev–Trinajstić information content (AvgIpc) is 2.75. The van der Waals surface area contributed by atoms with Crippen molar-refractivity contribution in [2.24, 2.45) is 0 Å². The van der Waals surface area contributed by atoms with E-state index in [-0.39, 0.29) is 5.91 Å². The second kappa shape index (κ2) is 3.55. The molecule has 0 radical (unpaired) electrons. The Hall–Kier alpha value is -1.75. The maximum atomic E-state index is 11.5. The van der Waals surface area contributed by atoms with Crippen LogP contribution in [0.1, 0.15) is 10.5 Å². The zero-order valence-corrected chi connectivity index (χ0v) is 7.80. The summed E-state index contributed by atoms with van der Waals surface area (Å²) in [7, 11) is 0. The SMILES string of the molecule is O=C(Nc1ncc[nH]1)c1cc(Cl)c[nH]1. The normalized spacial score (nSPS) is 10.1. The van der Waals surface area contributed by atoms with E-state index in [9.17, 15) is 4.79 Å². The monoisotopic (exact) mass is 210 g/mol. The molecule has 2 heterocycles. The molecule has 0 aliphatic heterocycles. The Kier molecular flexibility index (Phi) is 2.24. The minimum atomic E-state index is -0.285. The Morgan fingerprint density at radius 2 is 2.36 bits per heavy atom. The van der Waals surface area contributed by atoms with Gasteiger partial charge in [-0.25, -0.2) is 4.98 Å². The molecule has 0 atom stereocenters. The highest BCUT2D eigenvalue weighted by Gasteiger charge is 2.08. The van der Waals surface area contributed by atoms with Gasteiger partial charge in [0.15, 0.2) is 0 Å². The summed E-state index contributed by atoms with van der Waals surface area (Å²) < 4.78 is 0. The first-order valence-corrected chi connectivity index (χ1v) is 4.28. The van der Waals surface area contributed by atoms with E-state index in [0.717, 1.165) is 0 Å². The first-order valence-electron chi connectivity index (χ1n) is 3.90. The van der Waals surface area contributed by atoms with Crippen LogP contribution in [-0.4, -0.2) is 20.9 Å². The second-order valence-corrected chi connectivity index (χ2v) is 3.06. The lowest BCUT2D eigenvalue weighted by molar-refractivity contribution is 0.102. The van der Waals surface area contributed by atoms with E-state index >= 15 is 0 Å². The molecule has 0 bridgehead atoms. The third kappa shape index (κ3) is 1.77. The molecule has 72 valence electrons. The van der Waals surface area contributed by atoms with Crippen molar-refractivity contribution < 1.29 is 4.79 Å². The molecule has 2 aromatic rings. The van der Waals surface area contributed by atoms with Crippen molar-refractivity contribution in [2.75, 3.05) is 5.32 Å². The molecule has 0 fully saturated rings. The number of aromatic amines is 2. The molecule has 0 saturated heterocycles. The van der Waals surface area contributed by atoms with Crippen molar-refractivity contribution >= 4 is 23.5 Å². The molecule has 6 heteroatoms. The zero-order valence-electron chi connectivity index (χ0n) is 7.04. The van der Waals surface area contributed by atoms with E-state index in [2.05, 4.69) is 20.3 Å². The topological polar surface area (TPSA) is 73.6 Å². The summed E-state index contributed by atoms with van der Waals surface area (Å²) in [6.07, 6.45) is 4.72. The highest BCUT2D eigenvalue weighted by molar-refractivity contribution is 6.31. The van der Waals surface area contributed by atoms with Gasteiger partial charge >= 0.3 is 0 Å². The standard InChI is InChI=1S/C8H7ClN4O/c9-5-3-6(12-4-5)7(14)13-8-10-1-2-11-8/h1-4,12H,(H2,10,11,13,14). The van der Waals surface area contributed by atoms with Crippen molar-refractivity contribution in [3.63, 3.8) is 0 Å². The van der Waals surface area contributed by atoms with Crippen LogP contribution >= 0.6 is 11.6 Å². The van der Waals surface area contributed by atoms with E-state index in [4.69, 9.17) is 11.6 Å². The van der Waals surface area contributed by atoms with Crippen LogP contribution in [-0.2, 0) is 0 Å². The van der Waals surface area contributed by atoms with E-state index in [1.54, 1.807) is 24.7 Å². The number of aromatic nitrogens is 3. The highest BCUT2D eigenvalue weighted by atomic mass is 35.5. The van der Waals surface area contributed by atoms with Gasteiger partial charge in [0.25, 0.3) is 5.91 Å². The molecule has 0 spiro atoms. The average molecular weight is 211 g/mol. The van der Waals surface area contributed by atoms with E-state index < -0.39 is 0 Å². The Balaban J connectivity index is 2.10. The predicted octanol–water partition coefficient (Wildman–Crippen LogP) is 1.64. The summed E-state index contributed by atoms with van der Waals surface area (Å²) in [6, 6.07) is 1.54. The fourth-order valence-corrected chi connectivity index (χ4v) is 1.17. The molecule has 1 amide bonds. The van der Waals surface area contributed by atoms with E-state index in [0.29, 0.717) is 16.7 Å². The van der Waals surface area contributed by atoms with Gasteiger partial charge in [0, 0.05) is 18.6 Å². The molecule has 14 heavy (non-hydrogen) atoms. The fourth-order valence-electron chi connectivity index (χ4n) is 1.01. The Morgan fingerprint density at radius 3 is 2.93 bits per heavy atom. The Bertz CT molecular complexity index is 434. The van der Waals surface area contributed by atoms with Crippen LogP contribution in [0.2, 0.25) is 5.02 Å². The minimum absolute atomic E-state index is 0.285. The summed E-state index contributed by atoms with van der Waals surface area (Å²) in [5, 5.41) is 3.05. The van der Waals surface area contributed by atoms with E-state index in [1.807, 2.05) is 0 Å². The van der Waals surface area contributed by atoms with Crippen LogP contribution < -0.4 is 5.32 Å². The van der Waals surface area contributed by atoms with Gasteiger partial charge in [-0.1, -0.05) is 11.6 Å². The molecule has 5 nitrogen and oxygen atoms in total. The van der Waals surface area contributed by atoms with Gasteiger partial charge in [0.1, 0.15) is 5.69 Å². The van der Waals surface area contributed by atoms with Gasteiger partial charge in [-0.05, 0) is 6.07 Å². The van der Waals surface area contributed by atoms with Crippen LogP contribution in [0.4, 0.5) is 5.95 Å². The summed E-state index contributed by atoms with van der Waals surface area (Å²) in [5.74, 6) is 0.118. The number of carbonyl (C=O) groups is 1. The van der Waals surface area contributed by atoms with Gasteiger partial charge in [0.05, 0.1) is 5.02 Å². The van der Waals surface area contributed by atoms with Gasteiger partial charge < -0.3 is 9.97 Å². The number of carbonyl (C=O) groups excluding carboxylic acids is 1. The fraction of sp³-hybridized carbons (Fsp3) is 0. The molecule has 0 aliphatic rings. The predicted molar refractivity (Wildman–Crippen MR) is 52.3 cm³/mol. The molecule has 0 aliphatic carbocycles. The lowest BCUT2D eigenvalue weighted by Crippen LogP contribution is -2.13. The van der Waals surface area contributed by atoms with Crippen LogP contribution in [0.5, 0.6) is 0 Å². The van der Waals surface area contributed by atoms with Crippen molar-refractivity contribution in [1.29, 1.82) is 0 Å². The quantitative estimate of drug-likeness (QED) is 0.705. The maximum Gasteiger partial charge on any atom is 0.274 e. The maximum absolute atomic E-state index is 11.5. The number of halogens is 1.